The molecule has 1 aromatic rings. The van der Waals surface area contributed by atoms with Crippen molar-refractivity contribution in [2.75, 3.05) is 13.2 Å². The van der Waals surface area contributed by atoms with Crippen molar-refractivity contribution in [3.05, 3.63) is 35.4 Å². The van der Waals surface area contributed by atoms with Crippen LogP contribution in [0.25, 0.3) is 0 Å². The highest BCUT2D eigenvalue weighted by Crippen LogP contribution is 2.02. The Kier molecular flexibility index (Phi) is 5.83. The molecule has 0 unspecified atom stereocenters. The van der Waals surface area contributed by atoms with E-state index in [2.05, 4.69) is 41.8 Å². The lowest BCUT2D eigenvalue weighted by atomic mass is 10.1. The molecule has 106 valence electrons. The van der Waals surface area contributed by atoms with Crippen LogP contribution in [0.15, 0.2) is 24.3 Å². The topological polar surface area (TPSA) is 50.4 Å². The van der Waals surface area contributed by atoms with Gasteiger partial charge < -0.3 is 15.4 Å². The minimum atomic E-state index is -0.371. The molecule has 0 aliphatic heterocycles. The van der Waals surface area contributed by atoms with Crippen molar-refractivity contribution in [3.8, 4) is 0 Å². The second kappa shape index (κ2) is 7.14. The molecule has 0 fully saturated rings. The molecule has 1 rings (SSSR count). The molecule has 0 bridgehead atoms. The third kappa shape index (κ3) is 7.47. The number of alkyl carbamates (subject to hydrolysis) is 1. The number of rotatable bonds is 5. The third-order valence-corrected chi connectivity index (χ3v) is 2.44. The number of hydrogen-bond donors (Lipinski definition) is 2. The van der Waals surface area contributed by atoms with Crippen molar-refractivity contribution in [1.82, 2.24) is 10.6 Å². The van der Waals surface area contributed by atoms with Crippen LogP contribution in [0, 0.1) is 6.92 Å². The van der Waals surface area contributed by atoms with Gasteiger partial charge in [0.2, 0.25) is 0 Å². The van der Waals surface area contributed by atoms with E-state index in [1.807, 2.05) is 20.8 Å². The molecule has 0 atom stereocenters. The van der Waals surface area contributed by atoms with E-state index in [0.29, 0.717) is 13.2 Å². The number of carbonyl (C=O) groups is 1. The first kappa shape index (κ1) is 15.5. The van der Waals surface area contributed by atoms with Crippen molar-refractivity contribution < 1.29 is 9.53 Å². The van der Waals surface area contributed by atoms with Gasteiger partial charge in [-0.05, 0) is 33.3 Å². The van der Waals surface area contributed by atoms with Gasteiger partial charge in [-0.3, -0.25) is 0 Å². The van der Waals surface area contributed by atoms with Crippen LogP contribution < -0.4 is 10.6 Å². The van der Waals surface area contributed by atoms with Crippen molar-refractivity contribution in [3.63, 3.8) is 0 Å². The standard InChI is InChI=1S/C15H24N2O2/c1-12-5-7-13(8-6-12)11-16-9-10-19-14(18)17-15(2,3)4/h5-8,16H,9-11H2,1-4H3,(H,17,18). The quantitative estimate of drug-likeness (QED) is 0.804. The number of ether oxygens (including phenoxy) is 1. The number of benzene rings is 1. The Balaban J connectivity index is 2.11. The molecule has 2 N–H and O–H groups in total. The minimum Gasteiger partial charge on any atom is -0.448 e. The second-order valence-corrected chi connectivity index (χ2v) is 5.67. The van der Waals surface area contributed by atoms with Crippen LogP contribution in [0.2, 0.25) is 0 Å². The van der Waals surface area contributed by atoms with Gasteiger partial charge in [0.25, 0.3) is 0 Å². The zero-order valence-electron chi connectivity index (χ0n) is 12.2. The Hall–Kier alpha value is -1.55. The summed E-state index contributed by atoms with van der Waals surface area (Å²) in [6.07, 6.45) is -0.371. The number of nitrogens with one attached hydrogen (secondary N) is 2. The van der Waals surface area contributed by atoms with Crippen LogP contribution in [-0.2, 0) is 11.3 Å². The van der Waals surface area contributed by atoms with Gasteiger partial charge in [0.15, 0.2) is 0 Å². The van der Waals surface area contributed by atoms with Crippen molar-refractivity contribution in [2.45, 2.75) is 39.8 Å². The Morgan fingerprint density at radius 3 is 2.42 bits per heavy atom. The molecule has 0 saturated carbocycles. The summed E-state index contributed by atoms with van der Waals surface area (Å²) in [5, 5.41) is 5.98. The van der Waals surface area contributed by atoms with Gasteiger partial charge in [0.05, 0.1) is 0 Å². The highest BCUT2D eigenvalue weighted by atomic mass is 16.5. The van der Waals surface area contributed by atoms with Crippen LogP contribution in [0.4, 0.5) is 4.79 Å². The van der Waals surface area contributed by atoms with Gasteiger partial charge in [-0.25, -0.2) is 4.79 Å². The Morgan fingerprint density at radius 1 is 1.21 bits per heavy atom. The molecule has 0 radical (unpaired) electrons. The van der Waals surface area contributed by atoms with E-state index in [9.17, 15) is 4.79 Å². The molecule has 4 heteroatoms. The van der Waals surface area contributed by atoms with Gasteiger partial charge in [0.1, 0.15) is 6.61 Å². The molecule has 4 nitrogen and oxygen atoms in total. The van der Waals surface area contributed by atoms with E-state index in [-0.39, 0.29) is 11.6 Å². The van der Waals surface area contributed by atoms with Gasteiger partial charge in [0, 0.05) is 18.6 Å². The molecule has 0 heterocycles. The van der Waals surface area contributed by atoms with E-state index in [4.69, 9.17) is 4.74 Å². The summed E-state index contributed by atoms with van der Waals surface area (Å²) in [7, 11) is 0. The fourth-order valence-electron chi connectivity index (χ4n) is 1.50. The molecule has 0 aliphatic rings. The fraction of sp³-hybridized carbons (Fsp3) is 0.533. The number of hydrogen-bond acceptors (Lipinski definition) is 3. The highest BCUT2D eigenvalue weighted by Gasteiger charge is 2.13. The lowest BCUT2D eigenvalue weighted by Crippen LogP contribution is -2.41. The summed E-state index contributed by atoms with van der Waals surface area (Å²) in [6, 6.07) is 8.36. The summed E-state index contributed by atoms with van der Waals surface area (Å²) < 4.78 is 5.06. The van der Waals surface area contributed by atoms with Crippen LogP contribution in [0.5, 0.6) is 0 Å². The molecule has 0 aromatic heterocycles. The van der Waals surface area contributed by atoms with Gasteiger partial charge in [-0.2, -0.15) is 0 Å². The van der Waals surface area contributed by atoms with Crippen LogP contribution in [0.3, 0.4) is 0 Å². The average Bonchev–Trinajstić information content (AvgIpc) is 2.29. The predicted molar refractivity (Wildman–Crippen MR) is 77.1 cm³/mol. The maximum Gasteiger partial charge on any atom is 0.407 e. The maximum absolute atomic E-state index is 11.4. The predicted octanol–water partition coefficient (Wildman–Crippen LogP) is 2.61. The Labute approximate surface area is 115 Å². The summed E-state index contributed by atoms with van der Waals surface area (Å²) in [5.74, 6) is 0. The first-order valence-corrected chi connectivity index (χ1v) is 6.58. The van der Waals surface area contributed by atoms with E-state index < -0.39 is 0 Å². The zero-order valence-corrected chi connectivity index (χ0v) is 12.2. The lowest BCUT2D eigenvalue weighted by molar-refractivity contribution is 0.138. The molecule has 1 amide bonds. The largest absolute Gasteiger partial charge is 0.448 e. The summed E-state index contributed by atoms with van der Waals surface area (Å²) in [6.45, 7) is 9.63. The Morgan fingerprint density at radius 2 is 1.84 bits per heavy atom. The first-order valence-electron chi connectivity index (χ1n) is 6.58. The maximum atomic E-state index is 11.4. The number of amides is 1. The SMILES string of the molecule is Cc1ccc(CNCCOC(=O)NC(C)(C)C)cc1. The first-order chi connectivity index (χ1) is 8.87. The fourth-order valence-corrected chi connectivity index (χ4v) is 1.50. The molecule has 0 aliphatic carbocycles. The summed E-state index contributed by atoms with van der Waals surface area (Å²) >= 11 is 0. The molecule has 0 saturated heterocycles. The Bertz CT molecular complexity index is 394. The molecule has 0 spiro atoms. The van der Waals surface area contributed by atoms with E-state index in [0.717, 1.165) is 6.54 Å². The monoisotopic (exact) mass is 264 g/mol. The van der Waals surface area contributed by atoms with E-state index >= 15 is 0 Å². The number of aryl methyl sites for hydroxylation is 1. The summed E-state index contributed by atoms with van der Waals surface area (Å²) in [4.78, 5) is 11.4. The molecular weight excluding hydrogens is 240 g/mol. The number of carbonyl (C=O) groups excluding carboxylic acids is 1. The van der Waals surface area contributed by atoms with Gasteiger partial charge in [-0.1, -0.05) is 29.8 Å². The van der Waals surface area contributed by atoms with Crippen molar-refractivity contribution >= 4 is 6.09 Å². The van der Waals surface area contributed by atoms with Crippen molar-refractivity contribution in [1.29, 1.82) is 0 Å². The molecule has 1 aromatic carbocycles. The smallest absolute Gasteiger partial charge is 0.407 e. The molecular formula is C15H24N2O2. The zero-order chi connectivity index (χ0) is 14.3. The van der Waals surface area contributed by atoms with Crippen LogP contribution >= 0.6 is 0 Å². The average molecular weight is 264 g/mol. The van der Waals surface area contributed by atoms with Crippen molar-refractivity contribution in [2.24, 2.45) is 0 Å². The normalized spacial score (nSPS) is 11.2. The minimum absolute atomic E-state index is 0.258. The van der Waals surface area contributed by atoms with Gasteiger partial charge in [-0.15, -0.1) is 0 Å². The van der Waals surface area contributed by atoms with Crippen LogP contribution in [0.1, 0.15) is 31.9 Å². The van der Waals surface area contributed by atoms with Gasteiger partial charge >= 0.3 is 6.09 Å². The lowest BCUT2D eigenvalue weighted by Gasteiger charge is -2.19. The van der Waals surface area contributed by atoms with E-state index in [1.165, 1.54) is 11.1 Å². The van der Waals surface area contributed by atoms with Crippen LogP contribution in [-0.4, -0.2) is 24.8 Å². The molecule has 19 heavy (non-hydrogen) atoms. The summed E-state index contributed by atoms with van der Waals surface area (Å²) in [5.41, 5.74) is 2.22. The second-order valence-electron chi connectivity index (χ2n) is 5.67. The van der Waals surface area contributed by atoms with E-state index in [1.54, 1.807) is 0 Å². The highest BCUT2D eigenvalue weighted by molar-refractivity contribution is 5.68. The third-order valence-electron chi connectivity index (χ3n) is 2.44.